The van der Waals surface area contributed by atoms with Crippen molar-refractivity contribution in [3.63, 3.8) is 0 Å². The Labute approximate surface area is 328 Å². The molecule has 6 rings (SSSR count). The van der Waals surface area contributed by atoms with E-state index in [-0.39, 0.29) is 47.9 Å². The molecule has 3 heterocycles. The second kappa shape index (κ2) is 16.2. The molecule has 0 amide bonds. The van der Waals surface area contributed by atoms with Crippen LogP contribution in [0.1, 0.15) is 104 Å². The summed E-state index contributed by atoms with van der Waals surface area (Å²) in [4.78, 5) is 18.3. The summed E-state index contributed by atoms with van der Waals surface area (Å²) in [6, 6.07) is 25.1. The van der Waals surface area contributed by atoms with Gasteiger partial charge in [0.15, 0.2) is 5.78 Å². The van der Waals surface area contributed by atoms with Crippen LogP contribution in [0.4, 0.5) is 0 Å². The number of carbonyl (C=O) groups excluding carboxylic acids is 1. The molecule has 3 aromatic heterocycles. The van der Waals surface area contributed by atoms with Crippen molar-refractivity contribution < 1.29 is 34.4 Å². The minimum Gasteiger partial charge on any atom is -0.512 e. The smallest absolute Gasteiger partial charge is 0.164 e. The van der Waals surface area contributed by atoms with Gasteiger partial charge in [-0.3, -0.25) is 9.78 Å². The molecule has 6 heteroatoms. The average molecular weight is 893 g/mol. The second-order valence-electron chi connectivity index (χ2n) is 15.5. The van der Waals surface area contributed by atoms with Crippen LogP contribution in [0.2, 0.25) is 0 Å². The third kappa shape index (κ3) is 8.00. The normalized spacial score (nSPS) is 12.6. The molecular formula is C46H54IrNO3S-. The summed E-state index contributed by atoms with van der Waals surface area (Å²) in [5.74, 6) is 1.21. The van der Waals surface area contributed by atoms with Crippen molar-refractivity contribution in [2.24, 2.45) is 10.8 Å². The summed E-state index contributed by atoms with van der Waals surface area (Å²) in [5, 5.41) is 14.8. The van der Waals surface area contributed by atoms with Crippen LogP contribution in [0.3, 0.4) is 0 Å². The molecule has 0 fully saturated rings. The molecule has 0 saturated heterocycles. The first-order valence-corrected chi connectivity index (χ1v) is 19.2. The SMILES string of the molecule is CCC(C)(CC)C(=O)/C=C(\O)C(C)(CC)CC.Cc1cc2cccc(-c3oc4ccnc(-c5[c-]c6ccccc6c(C(C)(C)C)c5)c4c3C)c2s1.[Ir]. The summed E-state index contributed by atoms with van der Waals surface area (Å²) < 4.78 is 7.77. The van der Waals surface area contributed by atoms with E-state index in [0.29, 0.717) is 0 Å². The molecule has 0 aliphatic rings. The molecule has 3 aromatic carbocycles. The molecule has 0 atom stereocenters. The van der Waals surface area contributed by atoms with Gasteiger partial charge in [0, 0.05) is 69.4 Å². The molecule has 0 bridgehead atoms. The Bertz CT molecular complexity index is 2220. The summed E-state index contributed by atoms with van der Waals surface area (Å²) in [5.41, 5.74) is 5.77. The van der Waals surface area contributed by atoms with Crippen LogP contribution in [-0.2, 0) is 30.3 Å². The van der Waals surface area contributed by atoms with Gasteiger partial charge in [0.25, 0.3) is 0 Å². The van der Waals surface area contributed by atoms with Crippen molar-refractivity contribution in [2.45, 2.75) is 107 Å². The number of allylic oxidation sites excluding steroid dienone is 2. The predicted octanol–water partition coefficient (Wildman–Crippen LogP) is 13.9. The van der Waals surface area contributed by atoms with E-state index in [1.807, 2.05) is 65.1 Å². The zero-order valence-electron chi connectivity index (χ0n) is 32.7. The first kappa shape index (κ1) is 41.2. The Kier molecular flexibility index (Phi) is 12.8. The summed E-state index contributed by atoms with van der Waals surface area (Å²) in [6.07, 6.45) is 6.60. The Balaban J connectivity index is 0.000000289. The van der Waals surface area contributed by atoms with Crippen LogP contribution in [0, 0.1) is 30.7 Å². The van der Waals surface area contributed by atoms with Gasteiger partial charge >= 0.3 is 0 Å². The number of fused-ring (bicyclic) bond motifs is 3. The van der Waals surface area contributed by atoms with Crippen molar-refractivity contribution >= 4 is 48.9 Å². The van der Waals surface area contributed by atoms with Crippen LogP contribution in [0.25, 0.3) is 54.4 Å². The van der Waals surface area contributed by atoms with Gasteiger partial charge in [-0.15, -0.1) is 40.5 Å². The van der Waals surface area contributed by atoms with Crippen molar-refractivity contribution in [1.82, 2.24) is 4.98 Å². The molecule has 0 spiro atoms. The third-order valence-electron chi connectivity index (χ3n) is 11.2. The number of pyridine rings is 1. The number of hydrogen-bond acceptors (Lipinski definition) is 5. The topological polar surface area (TPSA) is 63.3 Å². The summed E-state index contributed by atoms with van der Waals surface area (Å²) >= 11 is 1.82. The van der Waals surface area contributed by atoms with Gasteiger partial charge in [0.2, 0.25) is 0 Å². The fraction of sp³-hybridized carbons (Fsp3) is 0.391. The number of furan rings is 1. The number of thiophene rings is 1. The zero-order chi connectivity index (χ0) is 37.3. The summed E-state index contributed by atoms with van der Waals surface area (Å²) in [6.45, 7) is 23.2. The van der Waals surface area contributed by atoms with Crippen molar-refractivity contribution in [3.05, 3.63) is 101 Å². The predicted molar refractivity (Wildman–Crippen MR) is 218 cm³/mol. The summed E-state index contributed by atoms with van der Waals surface area (Å²) in [7, 11) is 0. The van der Waals surface area contributed by atoms with Crippen LogP contribution >= 0.6 is 11.3 Å². The van der Waals surface area contributed by atoms with Crippen LogP contribution in [-0.4, -0.2) is 15.9 Å². The first-order chi connectivity index (χ1) is 24.1. The Hall–Kier alpha value is -3.57. The van der Waals surface area contributed by atoms with E-state index >= 15 is 0 Å². The first-order valence-electron chi connectivity index (χ1n) is 18.4. The van der Waals surface area contributed by atoms with E-state index in [0.717, 1.165) is 70.2 Å². The van der Waals surface area contributed by atoms with Gasteiger partial charge in [-0.1, -0.05) is 104 Å². The number of aromatic nitrogens is 1. The Morgan fingerprint density at radius 2 is 1.54 bits per heavy atom. The van der Waals surface area contributed by atoms with Gasteiger partial charge < -0.3 is 9.52 Å². The molecule has 0 unspecified atom stereocenters. The molecule has 277 valence electrons. The molecule has 1 radical (unpaired) electrons. The van der Waals surface area contributed by atoms with Crippen molar-refractivity contribution in [3.8, 4) is 22.6 Å². The Morgan fingerprint density at radius 3 is 2.17 bits per heavy atom. The largest absolute Gasteiger partial charge is 0.512 e. The van der Waals surface area contributed by atoms with E-state index in [1.54, 1.807) is 0 Å². The molecule has 6 aromatic rings. The maximum absolute atomic E-state index is 12.2. The number of hydrogen-bond donors (Lipinski definition) is 1. The van der Waals surface area contributed by atoms with Gasteiger partial charge in [0.1, 0.15) is 17.1 Å². The maximum Gasteiger partial charge on any atom is 0.164 e. The molecule has 4 nitrogen and oxygen atoms in total. The van der Waals surface area contributed by atoms with E-state index < -0.39 is 0 Å². The number of ketones is 1. The second-order valence-corrected chi connectivity index (χ2v) is 16.7. The van der Waals surface area contributed by atoms with Gasteiger partial charge in [-0.05, 0) is 74.1 Å². The van der Waals surface area contributed by atoms with Gasteiger partial charge in [-0.2, -0.15) is 0 Å². The van der Waals surface area contributed by atoms with E-state index in [9.17, 15) is 9.90 Å². The van der Waals surface area contributed by atoms with E-state index in [4.69, 9.17) is 9.40 Å². The number of carbonyl (C=O) groups is 1. The standard InChI is InChI=1S/C31H26NOS.C15H28O2.Ir/c1-18-15-21-10-8-12-24(30(21)34-18)29-19(2)27-26(33-29)13-14-32-28(27)22-16-20-9-6-7-11-23(20)25(17-22)31(3,4)5;1-7-14(5,8-2)12(16)11-13(17)15(6,9-3)10-4;/h6-15,17H,1-5H3;11,16H,7-10H2,1-6H3;/q-1;;/b;12-11-;. The maximum atomic E-state index is 12.2. The van der Waals surface area contributed by atoms with Gasteiger partial charge in [0.05, 0.1) is 0 Å². The van der Waals surface area contributed by atoms with Crippen molar-refractivity contribution in [2.75, 3.05) is 0 Å². The number of aryl methyl sites for hydroxylation is 2. The number of aliphatic hydroxyl groups excluding tert-OH is 1. The van der Waals surface area contributed by atoms with Crippen LogP contribution in [0.5, 0.6) is 0 Å². The molecule has 0 saturated carbocycles. The number of aliphatic hydroxyl groups is 1. The number of benzene rings is 3. The van der Waals surface area contributed by atoms with Gasteiger partial charge in [-0.25, -0.2) is 0 Å². The monoisotopic (exact) mass is 893 g/mol. The molecular weight excluding hydrogens is 839 g/mol. The molecule has 1 N–H and O–H groups in total. The third-order valence-corrected chi connectivity index (χ3v) is 12.3. The van der Waals surface area contributed by atoms with Crippen LogP contribution < -0.4 is 0 Å². The average Bonchev–Trinajstić information content (AvgIpc) is 3.68. The minimum absolute atomic E-state index is 0. The minimum atomic E-state index is -0.337. The van der Waals surface area contributed by atoms with E-state index in [2.05, 4.69) is 95.3 Å². The van der Waals surface area contributed by atoms with Crippen LogP contribution in [0.15, 0.2) is 83.1 Å². The Morgan fingerprint density at radius 1 is 0.885 bits per heavy atom. The zero-order valence-corrected chi connectivity index (χ0v) is 35.9. The molecule has 0 aliphatic carbocycles. The fourth-order valence-electron chi connectivity index (χ4n) is 6.69. The van der Waals surface area contributed by atoms with E-state index in [1.165, 1.54) is 32.0 Å². The molecule has 0 aliphatic heterocycles. The molecule has 52 heavy (non-hydrogen) atoms. The van der Waals surface area contributed by atoms with Crippen molar-refractivity contribution in [1.29, 1.82) is 0 Å². The number of rotatable bonds is 9. The quantitative estimate of drug-likeness (QED) is 0.0892. The fourth-order valence-corrected chi connectivity index (χ4v) is 7.71. The number of nitrogens with zero attached hydrogens (tertiary/aromatic N) is 1.